The molecule has 1 nitrogen and oxygen atoms in total. The van der Waals surface area contributed by atoms with Gasteiger partial charge in [0.25, 0.3) is 0 Å². The van der Waals surface area contributed by atoms with Crippen LogP contribution >= 0.6 is 11.3 Å². The minimum atomic E-state index is 0.740. The number of hydrogen-bond acceptors (Lipinski definition) is 2. The highest BCUT2D eigenvalue weighted by Crippen LogP contribution is 2.12. The van der Waals surface area contributed by atoms with E-state index in [0.717, 1.165) is 6.61 Å². The first-order valence-corrected chi connectivity index (χ1v) is 3.74. The fraction of sp³-hybridized carbons (Fsp3) is 0.429. The second kappa shape index (κ2) is 2.99. The molecule has 0 aliphatic rings. The zero-order valence-electron chi connectivity index (χ0n) is 5.68. The molecule has 2 heteroatoms. The number of hydrogen-bond donors (Lipinski definition) is 0. The van der Waals surface area contributed by atoms with Crippen molar-refractivity contribution < 1.29 is 4.74 Å². The molecule has 0 spiro atoms. The standard InChI is InChI=1S/C7H10OS/c1-6-3-7(4-8-2)5-9-6/h3,5H,4H2,1-2H3. The lowest BCUT2D eigenvalue weighted by Gasteiger charge is -1.89. The van der Waals surface area contributed by atoms with Gasteiger partial charge in [-0.3, -0.25) is 0 Å². The van der Waals surface area contributed by atoms with Gasteiger partial charge in [0.1, 0.15) is 0 Å². The van der Waals surface area contributed by atoms with Crippen molar-refractivity contribution in [2.45, 2.75) is 13.5 Å². The van der Waals surface area contributed by atoms with Gasteiger partial charge in [0.15, 0.2) is 0 Å². The SMILES string of the molecule is COCc1csc(C)c1. The van der Waals surface area contributed by atoms with E-state index in [1.165, 1.54) is 10.4 Å². The summed E-state index contributed by atoms with van der Waals surface area (Å²) in [5.41, 5.74) is 1.28. The number of aryl methyl sites for hydroxylation is 1. The third-order valence-electron chi connectivity index (χ3n) is 1.10. The van der Waals surface area contributed by atoms with Gasteiger partial charge in [0, 0.05) is 12.0 Å². The summed E-state index contributed by atoms with van der Waals surface area (Å²) in [7, 11) is 1.72. The molecule has 0 atom stereocenters. The minimum Gasteiger partial charge on any atom is -0.380 e. The van der Waals surface area contributed by atoms with Gasteiger partial charge in [-0.2, -0.15) is 0 Å². The maximum atomic E-state index is 4.95. The maximum absolute atomic E-state index is 4.95. The molecule has 1 rings (SSSR count). The van der Waals surface area contributed by atoms with Crippen LogP contribution in [0.1, 0.15) is 10.4 Å². The Morgan fingerprint density at radius 2 is 2.44 bits per heavy atom. The van der Waals surface area contributed by atoms with Crippen molar-refractivity contribution in [3.8, 4) is 0 Å². The Morgan fingerprint density at radius 1 is 1.67 bits per heavy atom. The van der Waals surface area contributed by atoms with Crippen molar-refractivity contribution in [3.05, 3.63) is 21.9 Å². The van der Waals surface area contributed by atoms with Crippen LogP contribution in [0, 0.1) is 6.92 Å². The summed E-state index contributed by atoms with van der Waals surface area (Å²) >= 11 is 1.76. The van der Waals surface area contributed by atoms with Crippen LogP contribution in [0.3, 0.4) is 0 Å². The summed E-state index contributed by atoms with van der Waals surface area (Å²) in [4.78, 5) is 1.35. The highest BCUT2D eigenvalue weighted by atomic mass is 32.1. The average molecular weight is 142 g/mol. The largest absolute Gasteiger partial charge is 0.380 e. The summed E-state index contributed by atoms with van der Waals surface area (Å²) in [5, 5.41) is 2.12. The van der Waals surface area contributed by atoms with Crippen LogP contribution < -0.4 is 0 Å². The van der Waals surface area contributed by atoms with Gasteiger partial charge < -0.3 is 4.74 Å². The fourth-order valence-corrected chi connectivity index (χ4v) is 1.43. The van der Waals surface area contributed by atoms with E-state index in [9.17, 15) is 0 Å². The number of methoxy groups -OCH3 is 1. The Labute approximate surface area is 59.3 Å². The smallest absolute Gasteiger partial charge is 0.0721 e. The first-order chi connectivity index (χ1) is 4.33. The van der Waals surface area contributed by atoms with E-state index in [1.807, 2.05) is 0 Å². The average Bonchev–Trinajstić information content (AvgIpc) is 2.17. The molecule has 1 aromatic heterocycles. The molecule has 0 bridgehead atoms. The zero-order valence-corrected chi connectivity index (χ0v) is 6.49. The number of ether oxygens (including phenoxy) is 1. The van der Waals surface area contributed by atoms with Crippen molar-refractivity contribution in [2.24, 2.45) is 0 Å². The van der Waals surface area contributed by atoms with Crippen LogP contribution in [0.5, 0.6) is 0 Å². The van der Waals surface area contributed by atoms with Crippen molar-refractivity contribution in [3.63, 3.8) is 0 Å². The molecule has 0 unspecified atom stereocenters. The van der Waals surface area contributed by atoms with Crippen LogP contribution in [0.25, 0.3) is 0 Å². The molecule has 0 aliphatic heterocycles. The molecule has 0 amide bonds. The molecule has 0 fully saturated rings. The van der Waals surface area contributed by atoms with Gasteiger partial charge in [0.05, 0.1) is 6.61 Å². The molecule has 0 N–H and O–H groups in total. The van der Waals surface area contributed by atoms with E-state index in [0.29, 0.717) is 0 Å². The second-order valence-corrected chi connectivity index (χ2v) is 3.11. The molecule has 0 saturated carbocycles. The second-order valence-electron chi connectivity index (χ2n) is 2.00. The van der Waals surface area contributed by atoms with Crippen molar-refractivity contribution in [1.82, 2.24) is 0 Å². The highest BCUT2D eigenvalue weighted by molar-refractivity contribution is 7.10. The molecule has 9 heavy (non-hydrogen) atoms. The summed E-state index contributed by atoms with van der Waals surface area (Å²) < 4.78 is 4.95. The topological polar surface area (TPSA) is 9.23 Å². The predicted molar refractivity (Wildman–Crippen MR) is 39.8 cm³/mol. The molecule has 0 saturated heterocycles. The van der Waals surface area contributed by atoms with Gasteiger partial charge in [-0.25, -0.2) is 0 Å². The minimum absolute atomic E-state index is 0.740. The Hall–Kier alpha value is -0.340. The third-order valence-corrected chi connectivity index (χ3v) is 2.01. The maximum Gasteiger partial charge on any atom is 0.0721 e. The van der Waals surface area contributed by atoms with E-state index in [4.69, 9.17) is 4.74 Å². The van der Waals surface area contributed by atoms with Crippen molar-refractivity contribution >= 4 is 11.3 Å². The Kier molecular flexibility index (Phi) is 2.25. The van der Waals surface area contributed by atoms with Gasteiger partial charge in [-0.15, -0.1) is 11.3 Å². The highest BCUT2D eigenvalue weighted by Gasteiger charge is 1.92. The van der Waals surface area contributed by atoms with Gasteiger partial charge >= 0.3 is 0 Å². The Bertz CT molecular complexity index is 181. The van der Waals surface area contributed by atoms with E-state index in [2.05, 4.69) is 18.4 Å². The first-order valence-electron chi connectivity index (χ1n) is 2.86. The lowest BCUT2D eigenvalue weighted by molar-refractivity contribution is 0.185. The van der Waals surface area contributed by atoms with E-state index < -0.39 is 0 Å². The lowest BCUT2D eigenvalue weighted by atomic mass is 10.3. The summed E-state index contributed by atoms with van der Waals surface area (Å²) in [6, 6.07) is 2.15. The van der Waals surface area contributed by atoms with Crippen LogP contribution in [0.15, 0.2) is 11.4 Å². The van der Waals surface area contributed by atoms with E-state index >= 15 is 0 Å². The monoisotopic (exact) mass is 142 g/mol. The van der Waals surface area contributed by atoms with E-state index in [1.54, 1.807) is 18.4 Å². The quantitative estimate of drug-likeness (QED) is 0.615. The zero-order chi connectivity index (χ0) is 6.69. The first kappa shape index (κ1) is 6.78. The Balaban J connectivity index is 2.61. The van der Waals surface area contributed by atoms with Gasteiger partial charge in [-0.1, -0.05) is 0 Å². The fourth-order valence-electron chi connectivity index (χ4n) is 0.740. The molecule has 1 heterocycles. The molecule has 1 aromatic rings. The molecule has 0 aliphatic carbocycles. The van der Waals surface area contributed by atoms with Crippen LogP contribution in [0.2, 0.25) is 0 Å². The van der Waals surface area contributed by atoms with Crippen molar-refractivity contribution in [2.75, 3.05) is 7.11 Å². The normalized spacial score (nSPS) is 10.0. The molecular weight excluding hydrogens is 132 g/mol. The molecule has 0 radical (unpaired) electrons. The lowest BCUT2D eigenvalue weighted by Crippen LogP contribution is -1.81. The Morgan fingerprint density at radius 3 is 2.89 bits per heavy atom. The van der Waals surface area contributed by atoms with Crippen LogP contribution in [0.4, 0.5) is 0 Å². The van der Waals surface area contributed by atoms with Crippen LogP contribution in [-0.2, 0) is 11.3 Å². The van der Waals surface area contributed by atoms with Crippen molar-refractivity contribution in [1.29, 1.82) is 0 Å². The molecular formula is C7H10OS. The molecule has 50 valence electrons. The van der Waals surface area contributed by atoms with Gasteiger partial charge in [0.2, 0.25) is 0 Å². The molecule has 0 aromatic carbocycles. The summed E-state index contributed by atoms with van der Waals surface area (Å²) in [5.74, 6) is 0. The van der Waals surface area contributed by atoms with Gasteiger partial charge in [-0.05, 0) is 23.9 Å². The third kappa shape index (κ3) is 1.80. The predicted octanol–water partition coefficient (Wildman–Crippen LogP) is 2.20. The summed E-state index contributed by atoms with van der Waals surface area (Å²) in [6.45, 7) is 2.84. The van der Waals surface area contributed by atoms with Crippen LogP contribution in [-0.4, -0.2) is 7.11 Å². The summed E-state index contributed by atoms with van der Waals surface area (Å²) in [6.07, 6.45) is 0. The van der Waals surface area contributed by atoms with E-state index in [-0.39, 0.29) is 0 Å². The number of rotatable bonds is 2. The number of thiophene rings is 1.